The van der Waals surface area contributed by atoms with Crippen LogP contribution in [0, 0.1) is 5.82 Å². The van der Waals surface area contributed by atoms with E-state index in [-0.39, 0.29) is 55.7 Å². The number of rotatable bonds is 9. The van der Waals surface area contributed by atoms with Crippen LogP contribution in [0.15, 0.2) is 30.3 Å². The topological polar surface area (TPSA) is 99.6 Å². The molecule has 0 saturated carbocycles. The van der Waals surface area contributed by atoms with E-state index in [9.17, 15) is 14.3 Å². The predicted molar refractivity (Wildman–Crippen MR) is 153 cm³/mol. The monoisotopic (exact) mass is 571 g/mol. The number of halogens is 1. The number of aliphatic hydroxyl groups is 1. The van der Waals surface area contributed by atoms with Gasteiger partial charge in [0, 0.05) is 51.9 Å². The first kappa shape index (κ1) is 29.8. The summed E-state index contributed by atoms with van der Waals surface area (Å²) in [7, 11) is 1.61. The number of pyridine rings is 1. The van der Waals surface area contributed by atoms with Crippen molar-refractivity contribution in [1.82, 2.24) is 20.1 Å². The minimum Gasteiger partial charge on any atom is -0.474 e. The third-order valence-electron chi connectivity index (χ3n) is 8.12. The molecule has 2 fully saturated rings. The second kappa shape index (κ2) is 13.5. The van der Waals surface area contributed by atoms with Crippen molar-refractivity contribution in [3.63, 3.8) is 0 Å². The molecule has 4 heterocycles. The molecular weight excluding hydrogens is 529 g/mol. The molecule has 41 heavy (non-hydrogen) atoms. The van der Waals surface area contributed by atoms with Gasteiger partial charge in [0.05, 0.1) is 44.2 Å². The summed E-state index contributed by atoms with van der Waals surface area (Å²) >= 11 is 0. The number of anilines is 1. The van der Waals surface area contributed by atoms with Gasteiger partial charge in [-0.1, -0.05) is 12.1 Å². The Balaban J connectivity index is 1.40. The van der Waals surface area contributed by atoms with E-state index in [1.54, 1.807) is 24.1 Å². The summed E-state index contributed by atoms with van der Waals surface area (Å²) < 4.78 is 30.7. The second-order valence-corrected chi connectivity index (χ2v) is 11.4. The molecule has 1 aromatic carbocycles. The van der Waals surface area contributed by atoms with Gasteiger partial charge in [-0.05, 0) is 49.6 Å². The highest BCUT2D eigenvalue weighted by Crippen LogP contribution is 2.35. The largest absolute Gasteiger partial charge is 0.474 e. The second-order valence-electron chi connectivity index (χ2n) is 11.4. The first-order valence-electron chi connectivity index (χ1n) is 14.5. The van der Waals surface area contributed by atoms with Crippen molar-refractivity contribution in [3.8, 4) is 5.88 Å². The lowest BCUT2D eigenvalue weighted by molar-refractivity contribution is -0.122. The molecule has 11 heteroatoms. The average Bonchev–Trinajstić information content (AvgIpc) is 2.95. The quantitative estimate of drug-likeness (QED) is 0.463. The molecule has 2 aromatic rings. The van der Waals surface area contributed by atoms with Gasteiger partial charge in [-0.2, -0.15) is 0 Å². The molecule has 1 aromatic heterocycles. The van der Waals surface area contributed by atoms with Crippen LogP contribution in [-0.2, 0) is 27.3 Å². The van der Waals surface area contributed by atoms with Gasteiger partial charge < -0.3 is 24.6 Å². The smallest absolute Gasteiger partial charge is 0.241 e. The van der Waals surface area contributed by atoms with Gasteiger partial charge in [0.1, 0.15) is 18.1 Å². The fraction of sp³-hybridized carbons (Fsp3) is 0.600. The molecule has 2 saturated heterocycles. The lowest BCUT2D eigenvalue weighted by Gasteiger charge is -2.44. The SMILES string of the molecule is COC[C@H]1COc2nc(CO)c(Cc3ccc(F)cc3)cc2N1C(=O)CN1C[C@@H](C)NC[C@@H]1CN1CCO[C@H](C)C1. The van der Waals surface area contributed by atoms with E-state index in [0.717, 1.165) is 50.5 Å². The molecule has 1 amide bonds. The van der Waals surface area contributed by atoms with Crippen molar-refractivity contribution >= 4 is 11.6 Å². The Bertz CT molecular complexity index is 1180. The van der Waals surface area contributed by atoms with Crippen LogP contribution in [0.3, 0.4) is 0 Å². The van der Waals surface area contributed by atoms with Gasteiger partial charge in [0.15, 0.2) is 0 Å². The van der Waals surface area contributed by atoms with Gasteiger partial charge in [-0.15, -0.1) is 0 Å². The summed E-state index contributed by atoms with van der Waals surface area (Å²) in [6.07, 6.45) is 0.636. The third-order valence-corrected chi connectivity index (χ3v) is 8.12. The number of hydrogen-bond acceptors (Lipinski definition) is 9. The third kappa shape index (κ3) is 7.22. The van der Waals surface area contributed by atoms with Crippen LogP contribution in [0.2, 0.25) is 0 Å². The van der Waals surface area contributed by atoms with Crippen LogP contribution in [0.1, 0.15) is 30.7 Å². The van der Waals surface area contributed by atoms with E-state index in [1.165, 1.54) is 12.1 Å². The molecule has 3 aliphatic rings. The van der Waals surface area contributed by atoms with E-state index in [4.69, 9.17) is 14.2 Å². The lowest BCUT2D eigenvalue weighted by Crippen LogP contribution is -2.62. The molecule has 2 N–H and O–H groups in total. The number of amides is 1. The van der Waals surface area contributed by atoms with Gasteiger partial charge in [0.25, 0.3) is 0 Å². The summed E-state index contributed by atoms with van der Waals surface area (Å²) in [5.74, 6) is -0.0292. The van der Waals surface area contributed by atoms with Crippen LogP contribution in [0.25, 0.3) is 0 Å². The van der Waals surface area contributed by atoms with Gasteiger partial charge in [-0.3, -0.25) is 19.5 Å². The number of fused-ring (bicyclic) bond motifs is 1. The number of carbonyl (C=O) groups excluding carboxylic acids is 1. The number of carbonyl (C=O) groups is 1. The summed E-state index contributed by atoms with van der Waals surface area (Å²) in [5.41, 5.74) is 2.68. The van der Waals surface area contributed by atoms with E-state index in [2.05, 4.69) is 33.9 Å². The number of morpholine rings is 1. The van der Waals surface area contributed by atoms with Crippen molar-refractivity contribution in [3.05, 3.63) is 53.0 Å². The minimum absolute atomic E-state index is 0.0441. The van der Waals surface area contributed by atoms with Crippen molar-refractivity contribution in [2.75, 3.05) is 71.1 Å². The number of methoxy groups -OCH3 is 1. The van der Waals surface area contributed by atoms with Crippen molar-refractivity contribution in [2.45, 2.75) is 51.1 Å². The number of hydrogen-bond donors (Lipinski definition) is 2. The zero-order valence-electron chi connectivity index (χ0n) is 24.2. The highest BCUT2D eigenvalue weighted by Gasteiger charge is 2.37. The van der Waals surface area contributed by atoms with E-state index in [0.29, 0.717) is 30.3 Å². The molecule has 5 rings (SSSR count). The van der Waals surface area contributed by atoms with Crippen molar-refractivity contribution < 1.29 is 28.5 Å². The molecule has 0 unspecified atom stereocenters. The van der Waals surface area contributed by atoms with Crippen LogP contribution in [0.4, 0.5) is 10.1 Å². The standard InChI is InChI=1S/C30H42FN5O5/c1-20-13-35(25(12-32-20)15-34-8-9-40-21(2)14-34)16-29(38)36-26(18-39-3)19-41-30-28(36)11-23(27(17-37)33-30)10-22-4-6-24(31)7-5-22/h4-7,11,20-21,25-26,32,37H,8-10,12-19H2,1-3H3/t20-,21-,25-,26+/m1/s1. The fourth-order valence-corrected chi connectivity index (χ4v) is 6.06. The van der Waals surface area contributed by atoms with Crippen LogP contribution in [-0.4, -0.2) is 116 Å². The molecule has 0 spiro atoms. The molecular formula is C30H42FN5O5. The number of aliphatic hydroxyl groups excluding tert-OH is 1. The molecule has 0 radical (unpaired) electrons. The summed E-state index contributed by atoms with van der Waals surface area (Å²) in [5, 5.41) is 13.7. The molecule has 0 bridgehead atoms. The molecule has 0 aliphatic carbocycles. The maximum atomic E-state index is 14.2. The minimum atomic E-state index is -0.320. The number of ether oxygens (including phenoxy) is 3. The van der Waals surface area contributed by atoms with Gasteiger partial charge >= 0.3 is 0 Å². The van der Waals surface area contributed by atoms with E-state index >= 15 is 0 Å². The molecule has 4 atom stereocenters. The number of nitrogens with one attached hydrogen (secondary N) is 1. The van der Waals surface area contributed by atoms with Crippen LogP contribution >= 0.6 is 0 Å². The predicted octanol–water partition coefficient (Wildman–Crippen LogP) is 1.43. The summed E-state index contributed by atoms with van der Waals surface area (Å²) in [4.78, 5) is 25.3. The van der Waals surface area contributed by atoms with Crippen molar-refractivity contribution in [1.29, 1.82) is 0 Å². The normalized spacial score (nSPS) is 25.5. The Labute approximate surface area is 241 Å². The number of piperazine rings is 1. The fourth-order valence-electron chi connectivity index (χ4n) is 6.06. The zero-order valence-corrected chi connectivity index (χ0v) is 24.2. The molecule has 10 nitrogen and oxygen atoms in total. The highest BCUT2D eigenvalue weighted by atomic mass is 19.1. The average molecular weight is 572 g/mol. The molecule has 3 aliphatic heterocycles. The zero-order chi connectivity index (χ0) is 28.9. The summed E-state index contributed by atoms with van der Waals surface area (Å²) in [6.45, 7) is 9.72. The lowest BCUT2D eigenvalue weighted by atomic mass is 10.0. The van der Waals surface area contributed by atoms with Crippen molar-refractivity contribution in [2.24, 2.45) is 0 Å². The first-order valence-corrected chi connectivity index (χ1v) is 14.5. The Hall–Kier alpha value is -2.67. The summed E-state index contributed by atoms with van der Waals surface area (Å²) in [6, 6.07) is 8.26. The number of nitrogens with zero attached hydrogens (tertiary/aromatic N) is 4. The number of aromatic nitrogens is 1. The number of benzene rings is 1. The van der Waals surface area contributed by atoms with Gasteiger partial charge in [-0.25, -0.2) is 9.37 Å². The first-order chi connectivity index (χ1) is 19.8. The van der Waals surface area contributed by atoms with Crippen LogP contribution < -0.4 is 15.0 Å². The van der Waals surface area contributed by atoms with Gasteiger partial charge in [0.2, 0.25) is 11.8 Å². The van der Waals surface area contributed by atoms with Crippen LogP contribution in [0.5, 0.6) is 5.88 Å². The Morgan fingerprint density at radius 1 is 1.22 bits per heavy atom. The maximum Gasteiger partial charge on any atom is 0.241 e. The maximum absolute atomic E-state index is 14.2. The van der Waals surface area contributed by atoms with E-state index < -0.39 is 0 Å². The Morgan fingerprint density at radius 3 is 2.76 bits per heavy atom. The Kier molecular flexibility index (Phi) is 9.84. The van der Waals surface area contributed by atoms with E-state index in [1.807, 2.05) is 6.07 Å². The molecule has 224 valence electrons. The highest BCUT2D eigenvalue weighted by molar-refractivity contribution is 5.97. The Morgan fingerprint density at radius 2 is 2.02 bits per heavy atom.